The number of hydrogen-bond donors (Lipinski definition) is 1. The van der Waals surface area contributed by atoms with E-state index in [-0.39, 0.29) is 43.0 Å². The first-order valence-corrected chi connectivity index (χ1v) is 14.2. The third-order valence-electron chi connectivity index (χ3n) is 11.0. The highest BCUT2D eigenvalue weighted by molar-refractivity contribution is 5.99. The maximum atomic E-state index is 13.2. The highest BCUT2D eigenvalue weighted by Crippen LogP contribution is 2.73. The lowest BCUT2D eigenvalue weighted by molar-refractivity contribution is -0.247. The average molecular weight is 551 g/mol. The zero-order chi connectivity index (χ0) is 28.6. The number of aliphatic hydroxyl groups is 1. The molecule has 6 rings (SSSR count). The molecule has 8 heteroatoms. The first-order valence-electron chi connectivity index (χ1n) is 14.2. The van der Waals surface area contributed by atoms with Gasteiger partial charge in [0.15, 0.2) is 5.78 Å². The van der Waals surface area contributed by atoms with Gasteiger partial charge in [-0.05, 0) is 35.6 Å². The van der Waals surface area contributed by atoms with E-state index in [4.69, 9.17) is 18.9 Å². The number of hydrogen-bond acceptors (Lipinski definition) is 8. The standard InChI is InChI=1S/C32H38O8/c1-17-19(33)13-20-26(17)32(4)21(14-25(36)37-5)31(3)23(40-24(35)12-11-18-9-7-6-8-10-18)15-22(34)30(2)16-38-27(28(30)31)29(32)39-20/h6-12,20-23,27-29,34H,13-16H2,1-5H3/b12-11+/t20-,21+,22-,23+,27-,28+,29-,30-,31+,32-/m1/s1. The molecule has 2 heterocycles. The summed E-state index contributed by atoms with van der Waals surface area (Å²) in [7, 11) is 1.37. The molecule has 0 radical (unpaired) electrons. The van der Waals surface area contributed by atoms with Crippen LogP contribution in [-0.4, -0.2) is 67.1 Å². The van der Waals surface area contributed by atoms with E-state index in [1.165, 1.54) is 13.2 Å². The monoisotopic (exact) mass is 550 g/mol. The minimum Gasteiger partial charge on any atom is -0.469 e. The van der Waals surface area contributed by atoms with Crippen molar-refractivity contribution in [1.29, 1.82) is 0 Å². The van der Waals surface area contributed by atoms with Crippen molar-refractivity contribution in [2.75, 3.05) is 13.7 Å². The van der Waals surface area contributed by atoms with Crippen LogP contribution in [0.15, 0.2) is 47.6 Å². The van der Waals surface area contributed by atoms with Gasteiger partial charge in [-0.2, -0.15) is 0 Å². The van der Waals surface area contributed by atoms with Crippen LogP contribution in [-0.2, 0) is 33.3 Å². The number of Topliss-reactive ketones (excluding diaryl/α,β-unsaturated/α-hetero) is 1. The smallest absolute Gasteiger partial charge is 0.331 e. The average Bonchev–Trinajstić information content (AvgIpc) is 3.54. The maximum Gasteiger partial charge on any atom is 0.331 e. The van der Waals surface area contributed by atoms with Gasteiger partial charge in [0, 0.05) is 47.5 Å². The Kier molecular flexibility index (Phi) is 6.40. The minimum atomic E-state index is -0.790. The molecule has 1 aromatic rings. The second-order valence-corrected chi connectivity index (χ2v) is 12.9. The van der Waals surface area contributed by atoms with Gasteiger partial charge in [0.05, 0.1) is 38.1 Å². The summed E-state index contributed by atoms with van der Waals surface area (Å²) < 4.78 is 24.5. The molecule has 0 aromatic heterocycles. The molecule has 214 valence electrons. The molecular formula is C32H38O8. The van der Waals surface area contributed by atoms with E-state index in [1.54, 1.807) is 6.08 Å². The van der Waals surface area contributed by atoms with E-state index in [0.717, 1.165) is 11.1 Å². The largest absolute Gasteiger partial charge is 0.469 e. The molecule has 2 aliphatic heterocycles. The van der Waals surface area contributed by atoms with Gasteiger partial charge < -0.3 is 24.1 Å². The van der Waals surface area contributed by atoms with Gasteiger partial charge in [-0.25, -0.2) is 4.79 Å². The van der Waals surface area contributed by atoms with Crippen molar-refractivity contribution in [2.45, 2.75) is 77.5 Å². The molecule has 1 N–H and O–H groups in total. The first kappa shape index (κ1) is 27.4. The van der Waals surface area contributed by atoms with Crippen LogP contribution in [0, 0.1) is 28.1 Å². The molecule has 2 saturated heterocycles. The lowest BCUT2D eigenvalue weighted by Gasteiger charge is -2.65. The lowest BCUT2D eigenvalue weighted by atomic mass is 9.40. The van der Waals surface area contributed by atoms with Gasteiger partial charge in [-0.1, -0.05) is 51.1 Å². The number of rotatable bonds is 5. The Morgan fingerprint density at radius 1 is 1.18 bits per heavy atom. The first-order chi connectivity index (χ1) is 19.0. The fraction of sp³-hybridized carbons (Fsp3) is 0.594. The summed E-state index contributed by atoms with van der Waals surface area (Å²) in [5.41, 5.74) is 0.324. The van der Waals surface area contributed by atoms with Crippen LogP contribution in [0.2, 0.25) is 0 Å². The molecule has 8 nitrogen and oxygen atoms in total. The molecule has 0 amide bonds. The van der Waals surface area contributed by atoms with E-state index in [9.17, 15) is 19.5 Å². The Bertz CT molecular complexity index is 1300. The topological polar surface area (TPSA) is 108 Å². The van der Waals surface area contributed by atoms with Crippen LogP contribution >= 0.6 is 0 Å². The Labute approximate surface area is 234 Å². The minimum absolute atomic E-state index is 0.0500. The predicted molar refractivity (Wildman–Crippen MR) is 145 cm³/mol. The Hall–Kier alpha value is -2.81. The lowest BCUT2D eigenvalue weighted by Crippen LogP contribution is -2.70. The van der Waals surface area contributed by atoms with Crippen molar-refractivity contribution in [1.82, 2.24) is 0 Å². The summed E-state index contributed by atoms with van der Waals surface area (Å²) in [5.74, 6) is -1.50. The molecule has 10 atom stereocenters. The van der Waals surface area contributed by atoms with Crippen molar-refractivity contribution >= 4 is 23.8 Å². The Morgan fingerprint density at radius 2 is 1.90 bits per heavy atom. The third kappa shape index (κ3) is 3.65. The zero-order valence-corrected chi connectivity index (χ0v) is 23.7. The summed E-state index contributed by atoms with van der Waals surface area (Å²) in [5, 5.41) is 11.5. The number of carbonyl (C=O) groups is 3. The maximum absolute atomic E-state index is 13.2. The fourth-order valence-corrected chi connectivity index (χ4v) is 9.20. The summed E-state index contributed by atoms with van der Waals surface area (Å²) >= 11 is 0. The van der Waals surface area contributed by atoms with Gasteiger partial charge >= 0.3 is 11.9 Å². The van der Waals surface area contributed by atoms with Crippen LogP contribution in [0.3, 0.4) is 0 Å². The summed E-state index contributed by atoms with van der Waals surface area (Å²) in [4.78, 5) is 39.1. The van der Waals surface area contributed by atoms with Crippen LogP contribution in [0.5, 0.6) is 0 Å². The van der Waals surface area contributed by atoms with Gasteiger partial charge in [0.25, 0.3) is 0 Å². The Balaban J connectivity index is 1.46. The summed E-state index contributed by atoms with van der Waals surface area (Å²) in [6.07, 6.45) is 0.982. The second-order valence-electron chi connectivity index (χ2n) is 12.9. The molecule has 0 spiro atoms. The molecule has 2 saturated carbocycles. The van der Waals surface area contributed by atoms with E-state index >= 15 is 0 Å². The Morgan fingerprint density at radius 3 is 2.60 bits per heavy atom. The quantitative estimate of drug-likeness (QED) is 0.437. The zero-order valence-electron chi connectivity index (χ0n) is 23.7. The number of carbonyl (C=O) groups excluding carboxylic acids is 3. The molecule has 40 heavy (non-hydrogen) atoms. The van der Waals surface area contributed by atoms with E-state index in [2.05, 4.69) is 13.8 Å². The molecule has 1 aromatic carbocycles. The number of allylic oxidation sites excluding steroid dienone is 1. The molecular weight excluding hydrogens is 512 g/mol. The fourth-order valence-electron chi connectivity index (χ4n) is 9.20. The van der Waals surface area contributed by atoms with Gasteiger partial charge in [-0.3, -0.25) is 9.59 Å². The van der Waals surface area contributed by atoms with E-state index < -0.39 is 52.5 Å². The van der Waals surface area contributed by atoms with Crippen LogP contribution in [0.25, 0.3) is 6.08 Å². The second kappa shape index (κ2) is 9.36. The number of ether oxygens (including phenoxy) is 4. The number of ketones is 1. The molecule has 0 bridgehead atoms. The SMILES string of the molecule is COC(=O)C[C@@H]1[C@]2(C)C3=C(C)C(=O)C[C@H]3O[C@@H]2[C@@H]2OC[C@]3(C)[C@H](O)C[C@H](OC(=O)/C=C/c4ccccc4)[C@@]1(C)[C@@H]23. The van der Waals surface area contributed by atoms with Crippen LogP contribution < -0.4 is 0 Å². The molecule has 4 fully saturated rings. The van der Waals surface area contributed by atoms with Crippen molar-refractivity contribution in [2.24, 2.45) is 28.1 Å². The highest BCUT2D eigenvalue weighted by Gasteiger charge is 2.78. The normalized spacial score (nSPS) is 43.5. The van der Waals surface area contributed by atoms with Crippen molar-refractivity contribution < 1.29 is 38.4 Å². The number of benzene rings is 1. The van der Waals surface area contributed by atoms with Gasteiger partial charge in [-0.15, -0.1) is 0 Å². The van der Waals surface area contributed by atoms with Gasteiger partial charge in [0.1, 0.15) is 6.10 Å². The number of aliphatic hydroxyl groups excluding tert-OH is 1. The van der Waals surface area contributed by atoms with Crippen LogP contribution in [0.1, 0.15) is 52.5 Å². The van der Waals surface area contributed by atoms with Crippen LogP contribution in [0.4, 0.5) is 0 Å². The molecule has 0 unspecified atom stereocenters. The predicted octanol–water partition coefficient (Wildman–Crippen LogP) is 3.66. The van der Waals surface area contributed by atoms with Crippen molar-refractivity contribution in [3.05, 3.63) is 53.1 Å². The summed E-state index contributed by atoms with van der Waals surface area (Å²) in [6.45, 7) is 8.33. The highest BCUT2D eigenvalue weighted by atomic mass is 16.6. The van der Waals surface area contributed by atoms with Crippen molar-refractivity contribution in [3.8, 4) is 0 Å². The summed E-state index contributed by atoms with van der Waals surface area (Å²) in [6, 6.07) is 9.48. The number of fused-ring (bicyclic) bond motifs is 4. The van der Waals surface area contributed by atoms with Gasteiger partial charge in [0.2, 0.25) is 0 Å². The number of esters is 2. The number of methoxy groups -OCH3 is 1. The third-order valence-corrected chi connectivity index (χ3v) is 11.0. The van der Waals surface area contributed by atoms with Crippen molar-refractivity contribution in [3.63, 3.8) is 0 Å². The molecule has 3 aliphatic carbocycles. The molecule has 5 aliphatic rings. The van der Waals surface area contributed by atoms with E-state index in [0.29, 0.717) is 12.2 Å². The van der Waals surface area contributed by atoms with E-state index in [1.807, 2.05) is 44.2 Å².